The van der Waals surface area contributed by atoms with Gasteiger partial charge >= 0.3 is 0 Å². The highest BCUT2D eigenvalue weighted by molar-refractivity contribution is 5.93. The SMILES string of the molecule is COCCNc1nc(Nc2ccc(C(N)=O)cc2)nc2ccccc12. The van der Waals surface area contributed by atoms with Crippen LogP contribution in [-0.2, 0) is 4.74 Å². The molecule has 0 saturated heterocycles. The fourth-order valence-corrected chi connectivity index (χ4v) is 2.39. The van der Waals surface area contributed by atoms with Crippen LogP contribution in [0.3, 0.4) is 0 Å². The Morgan fingerprint density at radius 2 is 1.88 bits per heavy atom. The molecule has 0 fully saturated rings. The molecule has 0 saturated carbocycles. The summed E-state index contributed by atoms with van der Waals surface area (Å²) in [7, 11) is 1.66. The lowest BCUT2D eigenvalue weighted by atomic mass is 10.2. The monoisotopic (exact) mass is 337 g/mol. The lowest BCUT2D eigenvalue weighted by molar-refractivity contribution is 0.100. The minimum absolute atomic E-state index is 0.451. The fraction of sp³-hybridized carbons (Fsp3) is 0.167. The third-order valence-corrected chi connectivity index (χ3v) is 3.63. The number of fused-ring (bicyclic) bond motifs is 1. The highest BCUT2D eigenvalue weighted by Gasteiger charge is 2.08. The molecule has 0 spiro atoms. The molecule has 0 aliphatic heterocycles. The first-order chi connectivity index (χ1) is 12.2. The Morgan fingerprint density at radius 1 is 1.12 bits per heavy atom. The summed E-state index contributed by atoms with van der Waals surface area (Å²) in [5.41, 5.74) is 7.30. The number of nitrogens with two attached hydrogens (primary N) is 1. The first-order valence-electron chi connectivity index (χ1n) is 7.84. The molecule has 7 heteroatoms. The van der Waals surface area contributed by atoms with Crippen LogP contribution >= 0.6 is 0 Å². The van der Waals surface area contributed by atoms with Gasteiger partial charge in [-0.1, -0.05) is 12.1 Å². The van der Waals surface area contributed by atoms with E-state index < -0.39 is 5.91 Å². The van der Waals surface area contributed by atoms with E-state index in [1.165, 1.54) is 0 Å². The van der Waals surface area contributed by atoms with E-state index in [1.54, 1.807) is 31.4 Å². The number of primary amides is 1. The van der Waals surface area contributed by atoms with Crippen LogP contribution in [0.15, 0.2) is 48.5 Å². The van der Waals surface area contributed by atoms with E-state index in [0.717, 1.165) is 22.4 Å². The molecule has 7 nitrogen and oxygen atoms in total. The molecule has 0 radical (unpaired) electrons. The number of aromatic nitrogens is 2. The summed E-state index contributed by atoms with van der Waals surface area (Å²) in [4.78, 5) is 20.2. The average molecular weight is 337 g/mol. The molecule has 1 aromatic heterocycles. The van der Waals surface area contributed by atoms with Crippen molar-refractivity contribution < 1.29 is 9.53 Å². The molecule has 2 aromatic carbocycles. The molecule has 128 valence electrons. The Morgan fingerprint density at radius 3 is 2.60 bits per heavy atom. The number of methoxy groups -OCH3 is 1. The van der Waals surface area contributed by atoms with Crippen LogP contribution in [0.2, 0.25) is 0 Å². The lowest BCUT2D eigenvalue weighted by Crippen LogP contribution is -2.11. The van der Waals surface area contributed by atoms with Gasteiger partial charge in [0.25, 0.3) is 0 Å². The van der Waals surface area contributed by atoms with E-state index in [4.69, 9.17) is 10.5 Å². The summed E-state index contributed by atoms with van der Waals surface area (Å²) in [5, 5.41) is 7.35. The number of benzene rings is 2. The van der Waals surface area contributed by atoms with Gasteiger partial charge in [-0.15, -0.1) is 0 Å². The molecule has 0 unspecified atom stereocenters. The molecular weight excluding hydrogens is 318 g/mol. The van der Waals surface area contributed by atoms with Gasteiger partial charge in [0.2, 0.25) is 11.9 Å². The number of nitrogens with zero attached hydrogens (tertiary/aromatic N) is 2. The van der Waals surface area contributed by atoms with Crippen LogP contribution in [0, 0.1) is 0 Å². The van der Waals surface area contributed by atoms with Gasteiger partial charge in [0.1, 0.15) is 5.82 Å². The molecule has 3 aromatic rings. The number of anilines is 3. The summed E-state index contributed by atoms with van der Waals surface area (Å²) >= 11 is 0. The molecule has 0 bridgehead atoms. The second-order valence-corrected chi connectivity index (χ2v) is 5.40. The van der Waals surface area contributed by atoms with Crippen molar-refractivity contribution in [3.05, 3.63) is 54.1 Å². The molecule has 1 amide bonds. The normalized spacial score (nSPS) is 10.6. The predicted octanol–water partition coefficient (Wildman–Crippen LogP) is 2.53. The van der Waals surface area contributed by atoms with Crippen molar-refractivity contribution in [1.29, 1.82) is 0 Å². The third kappa shape index (κ3) is 4.02. The maximum atomic E-state index is 11.1. The van der Waals surface area contributed by atoms with E-state index in [-0.39, 0.29) is 0 Å². The fourth-order valence-electron chi connectivity index (χ4n) is 2.39. The van der Waals surface area contributed by atoms with Crippen LogP contribution in [0.25, 0.3) is 10.9 Å². The Balaban J connectivity index is 1.88. The maximum Gasteiger partial charge on any atom is 0.248 e. The minimum Gasteiger partial charge on any atom is -0.383 e. The molecule has 1 heterocycles. The Hall–Kier alpha value is -3.19. The molecule has 0 atom stereocenters. The third-order valence-electron chi connectivity index (χ3n) is 3.63. The summed E-state index contributed by atoms with van der Waals surface area (Å²) in [6.45, 7) is 1.22. The number of hydrogen-bond donors (Lipinski definition) is 3. The van der Waals surface area contributed by atoms with Gasteiger partial charge in [0.05, 0.1) is 12.1 Å². The van der Waals surface area contributed by atoms with Gasteiger partial charge in [-0.25, -0.2) is 4.98 Å². The van der Waals surface area contributed by atoms with Crippen molar-refractivity contribution in [3.8, 4) is 0 Å². The highest BCUT2D eigenvalue weighted by Crippen LogP contribution is 2.23. The number of ether oxygens (including phenoxy) is 1. The van der Waals surface area contributed by atoms with Gasteiger partial charge in [-0.05, 0) is 36.4 Å². The number of carbonyl (C=O) groups is 1. The van der Waals surface area contributed by atoms with Crippen molar-refractivity contribution >= 4 is 34.3 Å². The van der Waals surface area contributed by atoms with E-state index in [1.807, 2.05) is 24.3 Å². The number of nitrogens with one attached hydrogen (secondary N) is 2. The molecule has 25 heavy (non-hydrogen) atoms. The Labute approximate surface area is 145 Å². The van der Waals surface area contributed by atoms with E-state index >= 15 is 0 Å². The largest absolute Gasteiger partial charge is 0.383 e. The average Bonchev–Trinajstić information content (AvgIpc) is 2.62. The highest BCUT2D eigenvalue weighted by atomic mass is 16.5. The number of rotatable bonds is 7. The van der Waals surface area contributed by atoms with Crippen LogP contribution in [-0.4, -0.2) is 36.1 Å². The number of amides is 1. The van der Waals surface area contributed by atoms with Gasteiger partial charge in [0.15, 0.2) is 0 Å². The predicted molar refractivity (Wildman–Crippen MR) is 98.1 cm³/mol. The first-order valence-corrected chi connectivity index (χ1v) is 7.84. The van der Waals surface area contributed by atoms with Gasteiger partial charge in [0, 0.05) is 30.3 Å². The van der Waals surface area contributed by atoms with E-state index in [9.17, 15) is 4.79 Å². The van der Waals surface area contributed by atoms with Crippen molar-refractivity contribution in [2.45, 2.75) is 0 Å². The number of hydrogen-bond acceptors (Lipinski definition) is 6. The summed E-state index contributed by atoms with van der Waals surface area (Å²) in [6, 6.07) is 14.6. The lowest BCUT2D eigenvalue weighted by Gasteiger charge is -2.11. The Kier molecular flexibility index (Phi) is 5.06. The number of carbonyl (C=O) groups excluding carboxylic acids is 1. The summed E-state index contributed by atoms with van der Waals surface area (Å²) in [6.07, 6.45) is 0. The van der Waals surface area contributed by atoms with Crippen molar-refractivity contribution in [2.24, 2.45) is 5.73 Å². The Bertz CT molecular complexity index is 880. The molecule has 3 rings (SSSR count). The number of para-hydroxylation sites is 1. The minimum atomic E-state index is -0.460. The first kappa shape index (κ1) is 16.7. The zero-order valence-corrected chi connectivity index (χ0v) is 13.8. The molecule has 4 N–H and O–H groups in total. The quantitative estimate of drug-likeness (QED) is 0.573. The smallest absolute Gasteiger partial charge is 0.248 e. The van der Waals surface area contributed by atoms with Crippen LogP contribution in [0.1, 0.15) is 10.4 Å². The van der Waals surface area contributed by atoms with Crippen LogP contribution in [0.4, 0.5) is 17.5 Å². The van der Waals surface area contributed by atoms with Crippen molar-refractivity contribution in [3.63, 3.8) is 0 Å². The second-order valence-electron chi connectivity index (χ2n) is 5.40. The van der Waals surface area contributed by atoms with Crippen molar-refractivity contribution in [1.82, 2.24) is 9.97 Å². The van der Waals surface area contributed by atoms with Crippen LogP contribution < -0.4 is 16.4 Å². The molecule has 0 aliphatic rings. The standard InChI is InChI=1S/C18H19N5O2/c1-25-11-10-20-17-14-4-2-3-5-15(14)22-18(23-17)21-13-8-6-12(7-9-13)16(19)24/h2-9H,10-11H2,1H3,(H2,19,24)(H2,20,21,22,23). The van der Waals surface area contributed by atoms with Gasteiger partial charge < -0.3 is 21.1 Å². The van der Waals surface area contributed by atoms with E-state index in [0.29, 0.717) is 24.7 Å². The zero-order chi connectivity index (χ0) is 17.6. The van der Waals surface area contributed by atoms with Gasteiger partial charge in [-0.3, -0.25) is 4.79 Å². The van der Waals surface area contributed by atoms with Crippen molar-refractivity contribution in [2.75, 3.05) is 30.9 Å². The second kappa shape index (κ2) is 7.59. The summed E-state index contributed by atoms with van der Waals surface area (Å²) < 4.78 is 5.07. The molecule has 0 aliphatic carbocycles. The van der Waals surface area contributed by atoms with Gasteiger partial charge in [-0.2, -0.15) is 4.98 Å². The zero-order valence-electron chi connectivity index (χ0n) is 13.8. The van der Waals surface area contributed by atoms with Crippen LogP contribution in [0.5, 0.6) is 0 Å². The maximum absolute atomic E-state index is 11.1. The molecular formula is C18H19N5O2. The van der Waals surface area contributed by atoms with E-state index in [2.05, 4.69) is 20.6 Å². The topological polar surface area (TPSA) is 102 Å². The summed E-state index contributed by atoms with van der Waals surface area (Å²) in [5.74, 6) is 0.738.